The Morgan fingerprint density at radius 3 is 2.33 bits per heavy atom. The second kappa shape index (κ2) is 6.51. The number of para-hydroxylation sites is 1. The fourth-order valence-corrected chi connectivity index (χ4v) is 3.59. The summed E-state index contributed by atoms with van der Waals surface area (Å²) in [6, 6.07) is 18.2. The lowest BCUT2D eigenvalue weighted by atomic mass is 10.1. The highest BCUT2D eigenvalue weighted by Gasteiger charge is 2.14. The van der Waals surface area contributed by atoms with Crippen LogP contribution in [0, 0.1) is 0 Å². The van der Waals surface area contributed by atoms with Crippen molar-refractivity contribution in [3.05, 3.63) is 66.9 Å². The summed E-state index contributed by atoms with van der Waals surface area (Å²) in [5, 5.41) is 4.56. The average molecular weight is 379 g/mol. The van der Waals surface area contributed by atoms with Gasteiger partial charge in [-0.2, -0.15) is 0 Å². The standard InChI is InChI=1S/C20H17N3O3S/c1-26-18-8-4-3-6-17(18)19-21-20-16(7-5-13-23(20)22-19)14-9-11-15(12-10-14)27(2,24)25/h3-13H,1-2H3. The molecule has 27 heavy (non-hydrogen) atoms. The summed E-state index contributed by atoms with van der Waals surface area (Å²) < 4.78 is 30.5. The van der Waals surface area contributed by atoms with Gasteiger partial charge >= 0.3 is 0 Å². The average Bonchev–Trinajstić information content (AvgIpc) is 3.11. The summed E-state index contributed by atoms with van der Waals surface area (Å²) >= 11 is 0. The Morgan fingerprint density at radius 1 is 0.926 bits per heavy atom. The number of hydrogen-bond donors (Lipinski definition) is 0. The van der Waals surface area contributed by atoms with Gasteiger partial charge in [0.05, 0.1) is 17.6 Å². The van der Waals surface area contributed by atoms with E-state index in [1.807, 2.05) is 42.6 Å². The van der Waals surface area contributed by atoms with E-state index in [1.165, 1.54) is 6.26 Å². The predicted octanol–water partition coefficient (Wildman–Crippen LogP) is 3.48. The van der Waals surface area contributed by atoms with Gasteiger partial charge in [0.2, 0.25) is 0 Å². The van der Waals surface area contributed by atoms with Crippen LogP contribution >= 0.6 is 0 Å². The molecule has 0 unspecified atom stereocenters. The maximum Gasteiger partial charge on any atom is 0.185 e. The number of fused-ring (bicyclic) bond motifs is 1. The zero-order chi connectivity index (χ0) is 19.0. The molecule has 7 heteroatoms. The number of methoxy groups -OCH3 is 1. The normalized spacial score (nSPS) is 11.6. The number of benzene rings is 2. The Labute approximate surface area is 157 Å². The van der Waals surface area contributed by atoms with Crippen LogP contribution in [0.1, 0.15) is 0 Å². The van der Waals surface area contributed by atoms with Crippen LogP contribution in [-0.4, -0.2) is 36.4 Å². The first kappa shape index (κ1) is 17.2. The van der Waals surface area contributed by atoms with Gasteiger partial charge in [0.15, 0.2) is 21.3 Å². The van der Waals surface area contributed by atoms with E-state index >= 15 is 0 Å². The van der Waals surface area contributed by atoms with Gasteiger partial charge in [-0.25, -0.2) is 17.9 Å². The van der Waals surface area contributed by atoms with E-state index in [0.29, 0.717) is 17.2 Å². The van der Waals surface area contributed by atoms with Crippen molar-refractivity contribution in [2.75, 3.05) is 13.4 Å². The lowest BCUT2D eigenvalue weighted by Crippen LogP contribution is -1.96. The molecule has 0 atom stereocenters. The Balaban J connectivity index is 1.85. The molecule has 0 aliphatic carbocycles. The van der Waals surface area contributed by atoms with Crippen molar-refractivity contribution in [1.82, 2.24) is 14.6 Å². The van der Waals surface area contributed by atoms with E-state index in [4.69, 9.17) is 9.72 Å². The molecule has 2 aromatic carbocycles. The van der Waals surface area contributed by atoms with Gasteiger partial charge < -0.3 is 4.74 Å². The minimum atomic E-state index is -3.23. The molecule has 0 saturated heterocycles. The molecule has 4 rings (SSSR count). The first-order valence-corrected chi connectivity index (χ1v) is 10.2. The molecule has 136 valence electrons. The summed E-state index contributed by atoms with van der Waals surface area (Å²) in [5.41, 5.74) is 3.23. The summed E-state index contributed by atoms with van der Waals surface area (Å²) in [6.45, 7) is 0. The molecule has 6 nitrogen and oxygen atoms in total. The predicted molar refractivity (Wildman–Crippen MR) is 104 cm³/mol. The molecule has 2 heterocycles. The molecule has 0 bridgehead atoms. The van der Waals surface area contributed by atoms with Crippen molar-refractivity contribution in [3.8, 4) is 28.3 Å². The maximum absolute atomic E-state index is 11.7. The highest BCUT2D eigenvalue weighted by atomic mass is 32.2. The van der Waals surface area contributed by atoms with Gasteiger partial charge in [-0.3, -0.25) is 0 Å². The summed E-state index contributed by atoms with van der Waals surface area (Å²) in [6.07, 6.45) is 3.02. The van der Waals surface area contributed by atoms with Crippen LogP contribution in [0.4, 0.5) is 0 Å². The number of rotatable bonds is 4. The van der Waals surface area contributed by atoms with Crippen LogP contribution in [0.5, 0.6) is 5.75 Å². The topological polar surface area (TPSA) is 73.6 Å². The highest BCUT2D eigenvalue weighted by molar-refractivity contribution is 7.90. The zero-order valence-electron chi connectivity index (χ0n) is 14.8. The van der Waals surface area contributed by atoms with Crippen molar-refractivity contribution in [1.29, 1.82) is 0 Å². The van der Waals surface area contributed by atoms with Crippen molar-refractivity contribution < 1.29 is 13.2 Å². The van der Waals surface area contributed by atoms with Gasteiger partial charge in [-0.15, -0.1) is 5.10 Å². The summed E-state index contributed by atoms with van der Waals surface area (Å²) in [5.74, 6) is 1.26. The molecular formula is C20H17N3O3S. The Bertz CT molecular complexity index is 1230. The van der Waals surface area contributed by atoms with E-state index in [1.54, 1.807) is 35.9 Å². The third kappa shape index (κ3) is 3.17. The Hall–Kier alpha value is -3.19. The van der Waals surface area contributed by atoms with Crippen molar-refractivity contribution in [2.45, 2.75) is 4.90 Å². The number of ether oxygens (including phenoxy) is 1. The number of pyridine rings is 1. The number of nitrogens with zero attached hydrogens (tertiary/aromatic N) is 3. The van der Waals surface area contributed by atoms with Crippen LogP contribution in [0.15, 0.2) is 71.8 Å². The molecule has 0 aliphatic heterocycles. The highest BCUT2D eigenvalue weighted by Crippen LogP contribution is 2.30. The first-order valence-electron chi connectivity index (χ1n) is 8.26. The minimum Gasteiger partial charge on any atom is -0.496 e. The van der Waals surface area contributed by atoms with Crippen molar-refractivity contribution >= 4 is 15.5 Å². The molecule has 0 amide bonds. The lowest BCUT2D eigenvalue weighted by molar-refractivity contribution is 0.416. The number of hydrogen-bond acceptors (Lipinski definition) is 5. The Morgan fingerprint density at radius 2 is 1.63 bits per heavy atom. The lowest BCUT2D eigenvalue weighted by Gasteiger charge is -2.04. The largest absolute Gasteiger partial charge is 0.496 e. The Kier molecular flexibility index (Phi) is 4.16. The molecule has 0 fully saturated rings. The molecule has 2 aromatic heterocycles. The van der Waals surface area contributed by atoms with E-state index in [2.05, 4.69) is 5.10 Å². The van der Waals surface area contributed by atoms with Crippen LogP contribution in [0.25, 0.3) is 28.2 Å². The number of aromatic nitrogens is 3. The quantitative estimate of drug-likeness (QED) is 0.543. The molecule has 0 spiro atoms. The fraction of sp³-hybridized carbons (Fsp3) is 0.100. The van der Waals surface area contributed by atoms with E-state index in [0.717, 1.165) is 16.7 Å². The first-order chi connectivity index (χ1) is 13.0. The van der Waals surface area contributed by atoms with Gasteiger partial charge in [0, 0.05) is 18.0 Å². The van der Waals surface area contributed by atoms with Crippen LogP contribution in [-0.2, 0) is 9.84 Å². The summed E-state index contributed by atoms with van der Waals surface area (Å²) in [4.78, 5) is 4.98. The van der Waals surface area contributed by atoms with Gasteiger partial charge in [-0.1, -0.05) is 24.3 Å². The fourth-order valence-electron chi connectivity index (χ4n) is 2.96. The minimum absolute atomic E-state index is 0.286. The van der Waals surface area contributed by atoms with Crippen LogP contribution in [0.2, 0.25) is 0 Å². The molecule has 4 aromatic rings. The van der Waals surface area contributed by atoms with E-state index < -0.39 is 9.84 Å². The van der Waals surface area contributed by atoms with Gasteiger partial charge in [0.25, 0.3) is 0 Å². The van der Waals surface area contributed by atoms with Crippen LogP contribution < -0.4 is 4.74 Å². The van der Waals surface area contributed by atoms with Crippen molar-refractivity contribution in [2.24, 2.45) is 0 Å². The molecule has 0 saturated carbocycles. The zero-order valence-corrected chi connectivity index (χ0v) is 15.6. The molecule has 0 radical (unpaired) electrons. The second-order valence-electron chi connectivity index (χ2n) is 6.12. The second-order valence-corrected chi connectivity index (χ2v) is 8.14. The van der Waals surface area contributed by atoms with Gasteiger partial charge in [0.1, 0.15) is 5.75 Å². The maximum atomic E-state index is 11.7. The molecule has 0 aliphatic rings. The third-order valence-corrected chi connectivity index (χ3v) is 5.43. The van der Waals surface area contributed by atoms with Crippen LogP contribution in [0.3, 0.4) is 0 Å². The van der Waals surface area contributed by atoms with E-state index in [-0.39, 0.29) is 4.90 Å². The molecule has 0 N–H and O–H groups in total. The monoisotopic (exact) mass is 379 g/mol. The van der Waals surface area contributed by atoms with E-state index in [9.17, 15) is 8.42 Å². The smallest absolute Gasteiger partial charge is 0.185 e. The SMILES string of the molecule is COc1ccccc1-c1nc2c(-c3ccc(S(C)(=O)=O)cc3)cccn2n1. The number of sulfone groups is 1. The van der Waals surface area contributed by atoms with Crippen molar-refractivity contribution in [3.63, 3.8) is 0 Å². The summed E-state index contributed by atoms with van der Waals surface area (Å²) in [7, 11) is -1.62. The van der Waals surface area contributed by atoms with Gasteiger partial charge in [-0.05, 0) is 42.0 Å². The molecular weight excluding hydrogens is 362 g/mol. The third-order valence-electron chi connectivity index (χ3n) is 4.30.